The van der Waals surface area contributed by atoms with Crippen LogP contribution < -0.4 is 29.4 Å². The molecule has 0 aliphatic heterocycles. The van der Waals surface area contributed by atoms with Crippen molar-refractivity contribution >= 4 is 33.4 Å². The van der Waals surface area contributed by atoms with Crippen LogP contribution in [-0.2, 0) is 13.7 Å². The fourth-order valence-corrected chi connectivity index (χ4v) is 0. The third kappa shape index (κ3) is 585. The Labute approximate surface area is 166 Å². The van der Waals surface area contributed by atoms with Crippen LogP contribution in [0.2, 0.25) is 0 Å². The molecule has 0 amide bonds. The molecule has 0 aromatic carbocycles. The topological polar surface area (TPSA) is 250 Å². The van der Waals surface area contributed by atoms with E-state index in [2.05, 4.69) is 0 Å². The van der Waals surface area contributed by atoms with Crippen molar-refractivity contribution in [3.05, 3.63) is 0 Å². The smallest absolute Gasteiger partial charge is 0.822 e. The molecule has 0 aromatic heterocycles. The molecule has 18 heavy (non-hydrogen) atoms. The number of phosphoric acid groups is 3. The molecule has 0 aromatic rings. The molecule has 0 fully saturated rings. The third-order valence-electron chi connectivity index (χ3n) is 0. The normalized spacial score (nSPS) is 9.83. The fourth-order valence-electron chi connectivity index (χ4n) is 0. The molecule has 0 aliphatic carbocycles. The second kappa shape index (κ2) is 16.7. The van der Waals surface area contributed by atoms with E-state index in [1.165, 1.54) is 0 Å². The van der Waals surface area contributed by atoms with Crippen LogP contribution in [0.3, 0.4) is 0 Å². The van der Waals surface area contributed by atoms with Gasteiger partial charge in [-0.1, -0.05) is 0 Å². The number of hydrogen-bond donors (Lipinski definition) is 3. The summed E-state index contributed by atoms with van der Waals surface area (Å²) in [6.07, 6.45) is 0. The Morgan fingerprint density at radius 3 is 0.667 bits per heavy atom. The summed E-state index contributed by atoms with van der Waals surface area (Å²) >= 11 is 0. The minimum atomic E-state index is -5.39. The summed E-state index contributed by atoms with van der Waals surface area (Å²) in [5.74, 6) is 0. The first-order valence-electron chi connectivity index (χ1n) is 2.24. The van der Waals surface area contributed by atoms with Crippen molar-refractivity contribution in [1.29, 1.82) is 0 Å². The van der Waals surface area contributed by atoms with Crippen LogP contribution in [0, 0.1) is 77.3 Å². The Kier molecular flexibility index (Phi) is 34.8. The van der Waals surface area contributed by atoms with E-state index in [-0.39, 0.29) is 87.2 Å². The van der Waals surface area contributed by atoms with Crippen LogP contribution >= 0.6 is 33.4 Å². The summed E-state index contributed by atoms with van der Waals surface area (Å²) < 4.78 is 26.0. The predicted octanol–water partition coefficient (Wildman–Crippen LogP) is -6.52. The molecule has 0 heterocycles. The molecule has 18 heteroatoms. The molecule has 1 radical (unpaired) electrons. The van der Waals surface area contributed by atoms with E-state index in [1.807, 2.05) is 0 Å². The van der Waals surface area contributed by atoms with Crippen LogP contribution in [0.25, 0.3) is 0 Å². The van der Waals surface area contributed by atoms with Gasteiger partial charge in [0.25, 0.3) is 0 Å². The molecule has 1 unspecified atom stereocenters. The zero-order chi connectivity index (χ0) is 13.5. The maximum absolute atomic E-state index is 8.88. The summed E-state index contributed by atoms with van der Waals surface area (Å²) in [6, 6.07) is 0. The minimum Gasteiger partial charge on any atom is -0.822 e. The van der Waals surface area contributed by atoms with E-state index >= 15 is 0 Å². The van der Waals surface area contributed by atoms with Gasteiger partial charge in [0.05, 0.1) is 0 Å². The van der Waals surface area contributed by atoms with Crippen LogP contribution in [-0.4, -0.2) is 14.7 Å². The zero-order valence-corrected chi connectivity index (χ0v) is 19.0. The van der Waals surface area contributed by atoms with Crippen LogP contribution in [0.4, 0.5) is 0 Å². The monoisotopic (exact) mass is 601 g/mol. The van der Waals surface area contributed by atoms with Gasteiger partial charge < -0.3 is 53.2 Å². The molecule has 0 bridgehead atoms. The van der Waals surface area contributed by atoms with Crippen molar-refractivity contribution < 1.29 is 135 Å². The third-order valence-corrected chi connectivity index (χ3v) is 0. The second-order valence-corrected chi connectivity index (χ2v) is 4.22. The van der Waals surface area contributed by atoms with E-state index in [9.17, 15) is 0 Å². The summed E-state index contributed by atoms with van der Waals surface area (Å²) in [7, 11) is -15.4. The van der Waals surface area contributed by atoms with E-state index in [4.69, 9.17) is 57.7 Å². The van der Waals surface area contributed by atoms with E-state index in [0.29, 0.717) is 0 Å². The molecule has 12 nitrogen and oxygen atoms in total. The van der Waals surface area contributed by atoms with Gasteiger partial charge in [-0.25, -0.2) is 4.57 Å². The molecular formula is H6CeLaO12P4. The second-order valence-electron chi connectivity index (χ2n) is 1.41. The predicted molar refractivity (Wildman–Crippen MR) is 40.6 cm³/mol. The van der Waals surface area contributed by atoms with Crippen molar-refractivity contribution in [3.8, 4) is 0 Å². The molecule has 105 valence electrons. The van der Waals surface area contributed by atoms with Gasteiger partial charge in [-0.2, -0.15) is 25.5 Å². The van der Waals surface area contributed by atoms with Crippen molar-refractivity contribution in [2.75, 3.05) is 0 Å². The van der Waals surface area contributed by atoms with Gasteiger partial charge in [-0.3, -0.25) is 0 Å². The minimum absolute atomic E-state index is 0. The molecule has 0 aliphatic rings. The van der Waals surface area contributed by atoms with Crippen molar-refractivity contribution in [1.82, 2.24) is 0 Å². The molecule has 0 saturated heterocycles. The standard InChI is InChI=1S/Ce.La.3H3O4P.H3P/c;;3*1-5(2,3)4;/h;;3*(H3,1,2,3,4);1H3/q2*+3;;;;/p-6. The first kappa shape index (κ1) is 37.5. The summed E-state index contributed by atoms with van der Waals surface area (Å²) in [5, 5.41) is 0. The molecule has 1 atom stereocenters. The summed E-state index contributed by atoms with van der Waals surface area (Å²) in [6.45, 7) is 0. The van der Waals surface area contributed by atoms with Crippen LogP contribution in [0.15, 0.2) is 0 Å². The molecule has 0 saturated carbocycles. The Balaban J connectivity index is -0.0000000277. The average molecular weight is 601 g/mol. The van der Waals surface area contributed by atoms with Gasteiger partial charge in [0.1, 0.15) is 0 Å². The molecule has 0 spiro atoms. The van der Waals surface area contributed by atoms with Gasteiger partial charge in [-0.15, -0.1) is 0 Å². The molecule has 3 N–H and O–H groups in total. The quantitative estimate of drug-likeness (QED) is 0.219. The van der Waals surface area contributed by atoms with Crippen LogP contribution in [0.5, 0.6) is 0 Å². The van der Waals surface area contributed by atoms with Crippen molar-refractivity contribution in [2.24, 2.45) is 0 Å². The Hall–Kier alpha value is 3.33. The van der Waals surface area contributed by atoms with Gasteiger partial charge in [0.15, 0.2) is 0 Å². The average Bonchev–Trinajstić information content (AvgIpc) is 1.41. The Morgan fingerprint density at radius 1 is 0.667 bits per heavy atom. The van der Waals surface area contributed by atoms with Gasteiger partial charge >= 0.3 is 85.2 Å². The summed E-state index contributed by atoms with van der Waals surface area (Å²) in [5.41, 5.74) is 0. The zero-order valence-electron chi connectivity index (χ0n) is 8.14. The Morgan fingerprint density at radius 2 is 0.667 bits per heavy atom. The first-order valence-corrected chi connectivity index (χ1v) is 6.73. The van der Waals surface area contributed by atoms with E-state index < -0.39 is 23.5 Å². The first-order chi connectivity index (χ1) is 6.00. The van der Waals surface area contributed by atoms with Gasteiger partial charge in [-0.05, 0) is 0 Å². The van der Waals surface area contributed by atoms with Crippen molar-refractivity contribution in [3.63, 3.8) is 0 Å². The number of hydrogen-bond acceptors (Lipinski definition) is 9. The van der Waals surface area contributed by atoms with Crippen LogP contribution in [0.1, 0.15) is 0 Å². The fraction of sp³-hybridized carbons (Fsp3) is 0. The SMILES string of the molecule is O=P(O)(O)O.O=P([O-])([O-])[O-].O=P([O-])([O-])[O-].P.[Ce+3].[La+3]. The molecular weight excluding hydrogens is 595 g/mol. The maximum atomic E-state index is 8.88. The van der Waals surface area contributed by atoms with Crippen molar-refractivity contribution in [2.45, 2.75) is 0 Å². The molecule has 0 rings (SSSR count). The Bertz CT molecular complexity index is 210. The van der Waals surface area contributed by atoms with E-state index in [0.717, 1.165) is 0 Å². The van der Waals surface area contributed by atoms with Gasteiger partial charge in [0, 0.05) is 0 Å². The largest absolute Gasteiger partial charge is 3.00 e. The van der Waals surface area contributed by atoms with Gasteiger partial charge in [0.2, 0.25) is 0 Å². The number of rotatable bonds is 0. The summed E-state index contributed by atoms with van der Waals surface area (Å²) in [4.78, 5) is 72.9. The van der Waals surface area contributed by atoms with E-state index in [1.54, 1.807) is 0 Å². The maximum Gasteiger partial charge on any atom is 3.00 e.